The Morgan fingerprint density at radius 1 is 0.942 bits per heavy atom. The van der Waals surface area contributed by atoms with Crippen molar-refractivity contribution in [2.45, 2.75) is 50.8 Å². The first kappa shape index (κ1) is 35.3. The second-order valence-corrected chi connectivity index (χ2v) is 14.0. The lowest BCUT2D eigenvalue weighted by molar-refractivity contribution is 0.0837. The van der Waals surface area contributed by atoms with Crippen LogP contribution in [0.3, 0.4) is 0 Å². The zero-order valence-electron chi connectivity index (χ0n) is 29.2. The second kappa shape index (κ2) is 16.0. The van der Waals surface area contributed by atoms with Crippen molar-refractivity contribution in [3.8, 4) is 22.6 Å². The van der Waals surface area contributed by atoms with Gasteiger partial charge in [0, 0.05) is 36.7 Å². The number of aryl methyl sites for hydroxylation is 1. The number of benzene rings is 4. The summed E-state index contributed by atoms with van der Waals surface area (Å²) in [4.78, 5) is 31.3. The number of carbonyl (C=O) groups is 1. The molecule has 270 valence electrons. The summed E-state index contributed by atoms with van der Waals surface area (Å²) in [6, 6.07) is 30.4. The number of carboxylic acid groups (broad SMARTS) is 1. The fraction of sp³-hybridized carbons (Fsp3) is 0.333. The second-order valence-electron chi connectivity index (χ2n) is 14.0. The zero-order chi connectivity index (χ0) is 36.0. The predicted octanol–water partition coefficient (Wildman–Crippen LogP) is 6.70. The Hall–Kier alpha value is -5.16. The van der Waals surface area contributed by atoms with Crippen molar-refractivity contribution in [1.82, 2.24) is 15.2 Å². The number of pyridine rings is 1. The van der Waals surface area contributed by atoms with Crippen LogP contribution in [-0.2, 0) is 13.0 Å². The summed E-state index contributed by atoms with van der Waals surface area (Å²) in [5.74, 6) is 1.14. The van der Waals surface area contributed by atoms with Gasteiger partial charge in [-0.1, -0.05) is 60.7 Å². The summed E-state index contributed by atoms with van der Waals surface area (Å²) in [6.45, 7) is 4.32. The number of phenolic OH excluding ortho intramolecular Hbond substituents is 1. The number of rotatable bonds is 14. The number of fused-ring (bicyclic) bond motifs is 4. The maximum atomic E-state index is 12.9. The van der Waals surface area contributed by atoms with Gasteiger partial charge >= 0.3 is 6.09 Å². The molecule has 52 heavy (non-hydrogen) atoms. The van der Waals surface area contributed by atoms with Crippen molar-refractivity contribution >= 4 is 22.7 Å². The lowest BCUT2D eigenvalue weighted by Crippen LogP contribution is -2.59. The number of H-pyrrole nitrogens is 1. The summed E-state index contributed by atoms with van der Waals surface area (Å²) >= 11 is 0. The third kappa shape index (κ3) is 7.99. The van der Waals surface area contributed by atoms with E-state index in [-0.39, 0.29) is 17.4 Å². The molecule has 0 aliphatic carbocycles. The van der Waals surface area contributed by atoms with Crippen LogP contribution in [0.2, 0.25) is 0 Å². The van der Waals surface area contributed by atoms with E-state index >= 15 is 0 Å². The van der Waals surface area contributed by atoms with E-state index in [0.29, 0.717) is 42.1 Å². The van der Waals surface area contributed by atoms with Gasteiger partial charge in [0.05, 0.1) is 30.0 Å². The number of hydrogen-bond acceptors (Lipinski definition) is 7. The van der Waals surface area contributed by atoms with E-state index in [1.165, 1.54) is 12.1 Å². The summed E-state index contributed by atoms with van der Waals surface area (Å²) < 4.78 is 6.04. The predicted molar refractivity (Wildman–Crippen MR) is 203 cm³/mol. The van der Waals surface area contributed by atoms with Gasteiger partial charge in [0.15, 0.2) is 0 Å². The average Bonchev–Trinajstić information content (AvgIpc) is 3.16. The number of aliphatic hydroxyl groups is 1. The number of ether oxygens (including phenoxy) is 1. The number of aromatic amines is 1. The highest BCUT2D eigenvalue weighted by Gasteiger charge is 2.40. The average molecular weight is 703 g/mol. The molecule has 0 radical (unpaired) electrons. The Bertz CT molecular complexity index is 2040. The van der Waals surface area contributed by atoms with Crippen LogP contribution in [0.5, 0.6) is 11.5 Å². The van der Waals surface area contributed by atoms with Gasteiger partial charge < -0.3 is 35.3 Å². The van der Waals surface area contributed by atoms with E-state index in [1.807, 2.05) is 54.6 Å². The molecule has 5 aromatic rings. The van der Waals surface area contributed by atoms with Crippen LogP contribution < -0.4 is 20.5 Å². The molecule has 0 unspecified atom stereocenters. The molecular formula is C42H46N4O6. The summed E-state index contributed by atoms with van der Waals surface area (Å²) in [6.07, 6.45) is 2.98. The SMILES string of the molecule is O=C(O)N(c1cc(CCCCOc2ccc(CNC[C@H](O)c3ccc(O)c4[nH]c(=O)ccc34)cc2)ccc1-c1ccccc1)[C@H]1CN2CCC1CC2. The monoisotopic (exact) mass is 702 g/mol. The Morgan fingerprint density at radius 2 is 1.71 bits per heavy atom. The smallest absolute Gasteiger partial charge is 0.412 e. The topological polar surface area (TPSA) is 138 Å². The van der Waals surface area contributed by atoms with E-state index in [2.05, 4.69) is 33.4 Å². The van der Waals surface area contributed by atoms with Crippen molar-refractivity contribution < 1.29 is 24.9 Å². The van der Waals surface area contributed by atoms with E-state index in [4.69, 9.17) is 4.74 Å². The fourth-order valence-electron chi connectivity index (χ4n) is 7.78. The number of anilines is 1. The Kier molecular flexibility index (Phi) is 10.9. The van der Waals surface area contributed by atoms with Crippen LogP contribution in [0.1, 0.15) is 48.5 Å². The Labute approximate surface area is 303 Å². The van der Waals surface area contributed by atoms with E-state index in [0.717, 1.165) is 85.4 Å². The molecule has 2 atom stereocenters. The number of unbranched alkanes of at least 4 members (excludes halogenated alkanes) is 1. The summed E-state index contributed by atoms with van der Waals surface area (Å²) in [5, 5.41) is 35.4. The van der Waals surface area contributed by atoms with E-state index in [1.54, 1.807) is 17.0 Å². The van der Waals surface area contributed by atoms with Crippen LogP contribution in [0, 0.1) is 5.92 Å². The van der Waals surface area contributed by atoms with Crippen molar-refractivity contribution in [3.63, 3.8) is 0 Å². The third-order valence-electron chi connectivity index (χ3n) is 10.6. The highest BCUT2D eigenvalue weighted by atomic mass is 16.5. The molecule has 3 saturated heterocycles. The minimum atomic E-state index is -0.886. The molecule has 8 rings (SSSR count). The van der Waals surface area contributed by atoms with Gasteiger partial charge in [-0.05, 0) is 104 Å². The molecule has 0 saturated carbocycles. The molecule has 10 heteroatoms. The molecule has 1 aromatic heterocycles. The van der Waals surface area contributed by atoms with Gasteiger partial charge in [-0.2, -0.15) is 0 Å². The highest BCUT2D eigenvalue weighted by Crippen LogP contribution is 2.39. The normalized spacial score (nSPS) is 18.7. The van der Waals surface area contributed by atoms with Gasteiger partial charge in [0.2, 0.25) is 5.56 Å². The van der Waals surface area contributed by atoms with Gasteiger partial charge in [0.1, 0.15) is 11.5 Å². The van der Waals surface area contributed by atoms with Crippen LogP contribution >= 0.6 is 0 Å². The molecule has 4 aromatic carbocycles. The number of nitrogens with zero attached hydrogens (tertiary/aromatic N) is 2. The molecule has 5 N–H and O–H groups in total. The quantitative estimate of drug-likeness (QED) is 0.0806. The number of aliphatic hydroxyl groups excluding tert-OH is 1. The first-order chi connectivity index (χ1) is 25.3. The molecule has 3 aliphatic heterocycles. The lowest BCUT2D eigenvalue weighted by atomic mass is 9.82. The van der Waals surface area contributed by atoms with E-state index < -0.39 is 12.2 Å². The minimum absolute atomic E-state index is 0.0366. The standard InChI is InChI=1S/C42H46N4O6/c47-38-17-15-34(35-16-18-40(49)44-41(35)38)39(48)26-43-25-29-9-12-32(13-10-29)52-23-5-4-6-28-11-14-33(30-7-2-1-3-8-30)36(24-28)46(42(50)51)37-27-45-21-19-31(37)20-22-45/h1-3,7-18,24,31,37,39,43,47-48H,4-6,19-23,25-27H2,(H,44,49)(H,50,51)/t37-,39-/m0/s1. The fourth-order valence-corrected chi connectivity index (χ4v) is 7.78. The first-order valence-corrected chi connectivity index (χ1v) is 18.2. The number of piperidine rings is 3. The number of aromatic hydroxyl groups is 1. The Morgan fingerprint density at radius 3 is 2.44 bits per heavy atom. The lowest BCUT2D eigenvalue weighted by Gasteiger charge is -2.48. The van der Waals surface area contributed by atoms with Gasteiger partial charge in [-0.25, -0.2) is 4.79 Å². The molecule has 3 fully saturated rings. The number of aromatic nitrogens is 1. The number of phenols is 1. The van der Waals surface area contributed by atoms with Crippen molar-refractivity contribution in [3.05, 3.63) is 124 Å². The number of hydrogen-bond donors (Lipinski definition) is 5. The zero-order valence-corrected chi connectivity index (χ0v) is 29.2. The van der Waals surface area contributed by atoms with Gasteiger partial charge in [0.25, 0.3) is 0 Å². The van der Waals surface area contributed by atoms with E-state index in [9.17, 15) is 24.9 Å². The summed E-state index contributed by atoms with van der Waals surface area (Å²) in [5.41, 5.74) is 5.54. The van der Waals surface area contributed by atoms with Crippen molar-refractivity contribution in [2.75, 3.05) is 37.7 Å². The Balaban J connectivity index is 0.911. The molecule has 10 nitrogen and oxygen atoms in total. The van der Waals surface area contributed by atoms with Gasteiger partial charge in [-0.3, -0.25) is 9.69 Å². The van der Waals surface area contributed by atoms with Crippen LogP contribution in [0.25, 0.3) is 22.0 Å². The van der Waals surface area contributed by atoms with Crippen molar-refractivity contribution in [1.29, 1.82) is 0 Å². The van der Waals surface area contributed by atoms with Crippen LogP contribution in [0.15, 0.2) is 102 Å². The first-order valence-electron chi connectivity index (χ1n) is 18.2. The number of amides is 1. The molecule has 2 bridgehead atoms. The minimum Gasteiger partial charge on any atom is -0.506 e. The molecule has 1 amide bonds. The largest absolute Gasteiger partial charge is 0.506 e. The molecular weight excluding hydrogens is 656 g/mol. The van der Waals surface area contributed by atoms with Crippen LogP contribution in [-0.4, -0.2) is 70.1 Å². The molecule has 4 heterocycles. The molecule has 3 aliphatic rings. The third-order valence-corrected chi connectivity index (χ3v) is 10.6. The maximum Gasteiger partial charge on any atom is 0.412 e. The summed E-state index contributed by atoms with van der Waals surface area (Å²) in [7, 11) is 0. The number of nitrogens with one attached hydrogen (secondary N) is 2. The van der Waals surface area contributed by atoms with Gasteiger partial charge in [-0.15, -0.1) is 0 Å². The molecule has 0 spiro atoms. The maximum absolute atomic E-state index is 12.9. The van der Waals surface area contributed by atoms with Crippen LogP contribution in [0.4, 0.5) is 10.5 Å². The van der Waals surface area contributed by atoms with Crippen molar-refractivity contribution in [2.24, 2.45) is 5.92 Å². The highest BCUT2D eigenvalue weighted by molar-refractivity contribution is 5.94.